The maximum absolute atomic E-state index is 5.46. The molecule has 1 aromatic heterocycles. The topological polar surface area (TPSA) is 34.2 Å². The molecule has 1 aromatic carbocycles. The van der Waals surface area contributed by atoms with Gasteiger partial charge in [0.15, 0.2) is 0 Å². The number of rotatable bonds is 4. The standard InChI is InChI=1S/C17H20N2O/c1-18-16(17-15(20-2)8-5-9-19-17)14-10-12-6-3-4-7-13(12)11-14/h3-9,14,16,18H,10-11H2,1-2H3. The highest BCUT2D eigenvalue weighted by Gasteiger charge is 2.30. The highest BCUT2D eigenvalue weighted by atomic mass is 16.5. The van der Waals surface area contributed by atoms with Crippen LogP contribution in [0.15, 0.2) is 42.6 Å². The van der Waals surface area contributed by atoms with Crippen LogP contribution >= 0.6 is 0 Å². The fourth-order valence-corrected chi connectivity index (χ4v) is 3.23. The van der Waals surface area contributed by atoms with Crippen LogP contribution in [-0.4, -0.2) is 19.1 Å². The van der Waals surface area contributed by atoms with E-state index < -0.39 is 0 Å². The lowest BCUT2D eigenvalue weighted by Crippen LogP contribution is -2.27. The first-order chi connectivity index (χ1) is 9.83. The van der Waals surface area contributed by atoms with Crippen LogP contribution in [0.3, 0.4) is 0 Å². The summed E-state index contributed by atoms with van der Waals surface area (Å²) in [5, 5.41) is 3.43. The van der Waals surface area contributed by atoms with Gasteiger partial charge >= 0.3 is 0 Å². The number of hydrogen-bond donors (Lipinski definition) is 1. The number of pyridine rings is 1. The van der Waals surface area contributed by atoms with Crippen molar-refractivity contribution in [3.63, 3.8) is 0 Å². The number of nitrogens with zero attached hydrogens (tertiary/aromatic N) is 1. The minimum absolute atomic E-state index is 0.221. The summed E-state index contributed by atoms with van der Waals surface area (Å²) < 4.78 is 5.46. The molecule has 0 amide bonds. The van der Waals surface area contributed by atoms with E-state index in [2.05, 4.69) is 34.6 Å². The van der Waals surface area contributed by atoms with Crippen LogP contribution < -0.4 is 10.1 Å². The van der Waals surface area contributed by atoms with Gasteiger partial charge in [-0.2, -0.15) is 0 Å². The van der Waals surface area contributed by atoms with Gasteiger partial charge in [0.25, 0.3) is 0 Å². The number of aromatic nitrogens is 1. The summed E-state index contributed by atoms with van der Waals surface area (Å²) in [7, 11) is 3.71. The normalized spacial score (nSPS) is 15.9. The minimum Gasteiger partial charge on any atom is -0.495 e. The number of benzene rings is 1. The van der Waals surface area contributed by atoms with E-state index in [1.807, 2.05) is 25.4 Å². The van der Waals surface area contributed by atoms with Crippen molar-refractivity contribution in [2.24, 2.45) is 5.92 Å². The Morgan fingerprint density at radius 3 is 2.45 bits per heavy atom. The Kier molecular flexibility index (Phi) is 3.70. The predicted molar refractivity (Wildman–Crippen MR) is 79.9 cm³/mol. The summed E-state index contributed by atoms with van der Waals surface area (Å²) in [5.41, 5.74) is 3.94. The van der Waals surface area contributed by atoms with Crippen LogP contribution in [0.2, 0.25) is 0 Å². The summed E-state index contributed by atoms with van der Waals surface area (Å²) in [6.45, 7) is 0. The molecule has 1 unspecified atom stereocenters. The first-order valence-electron chi connectivity index (χ1n) is 7.06. The number of hydrogen-bond acceptors (Lipinski definition) is 3. The molecular weight excluding hydrogens is 248 g/mol. The van der Waals surface area contributed by atoms with Gasteiger partial charge in [0.1, 0.15) is 5.75 Å². The van der Waals surface area contributed by atoms with Crippen molar-refractivity contribution < 1.29 is 4.74 Å². The second kappa shape index (κ2) is 5.63. The van der Waals surface area contributed by atoms with E-state index in [4.69, 9.17) is 4.74 Å². The van der Waals surface area contributed by atoms with Crippen LogP contribution in [0.5, 0.6) is 5.75 Å². The van der Waals surface area contributed by atoms with Crippen molar-refractivity contribution in [2.75, 3.05) is 14.2 Å². The maximum atomic E-state index is 5.46. The zero-order valence-corrected chi connectivity index (χ0v) is 12.0. The van der Waals surface area contributed by atoms with Gasteiger partial charge in [-0.25, -0.2) is 0 Å². The highest BCUT2D eigenvalue weighted by molar-refractivity contribution is 5.36. The molecule has 1 heterocycles. The zero-order chi connectivity index (χ0) is 13.9. The van der Waals surface area contributed by atoms with Crippen LogP contribution in [0.4, 0.5) is 0 Å². The second-order valence-corrected chi connectivity index (χ2v) is 5.29. The summed E-state index contributed by atoms with van der Waals surface area (Å²) >= 11 is 0. The molecule has 1 aliphatic carbocycles. The van der Waals surface area contributed by atoms with Crippen molar-refractivity contribution in [1.82, 2.24) is 10.3 Å². The third kappa shape index (κ3) is 2.29. The van der Waals surface area contributed by atoms with Gasteiger partial charge in [-0.15, -0.1) is 0 Å². The molecule has 3 heteroatoms. The van der Waals surface area contributed by atoms with Gasteiger partial charge in [-0.3, -0.25) is 4.98 Å². The largest absolute Gasteiger partial charge is 0.495 e. The summed E-state index contributed by atoms with van der Waals surface area (Å²) in [6, 6.07) is 12.8. The molecule has 0 saturated heterocycles. The smallest absolute Gasteiger partial charge is 0.141 e. The molecular formula is C17H20N2O. The van der Waals surface area contributed by atoms with Gasteiger partial charge in [0, 0.05) is 6.20 Å². The van der Waals surface area contributed by atoms with Crippen molar-refractivity contribution in [1.29, 1.82) is 0 Å². The third-order valence-corrected chi connectivity index (χ3v) is 4.18. The quantitative estimate of drug-likeness (QED) is 0.926. The molecule has 0 saturated carbocycles. The summed E-state index contributed by atoms with van der Waals surface area (Å²) in [4.78, 5) is 4.54. The Hall–Kier alpha value is -1.87. The first kappa shape index (κ1) is 13.1. The van der Waals surface area contributed by atoms with Crippen LogP contribution in [-0.2, 0) is 12.8 Å². The third-order valence-electron chi connectivity index (χ3n) is 4.18. The number of nitrogens with one attached hydrogen (secondary N) is 1. The Morgan fingerprint density at radius 2 is 1.85 bits per heavy atom. The Morgan fingerprint density at radius 1 is 1.15 bits per heavy atom. The molecule has 2 aromatic rings. The molecule has 0 fully saturated rings. The molecule has 0 radical (unpaired) electrons. The fourth-order valence-electron chi connectivity index (χ4n) is 3.23. The highest BCUT2D eigenvalue weighted by Crippen LogP contribution is 2.37. The number of fused-ring (bicyclic) bond motifs is 1. The fraction of sp³-hybridized carbons (Fsp3) is 0.353. The molecule has 1 atom stereocenters. The number of ether oxygens (including phenoxy) is 1. The molecule has 3 nitrogen and oxygen atoms in total. The van der Waals surface area contributed by atoms with Crippen molar-refractivity contribution >= 4 is 0 Å². The van der Waals surface area contributed by atoms with Crippen LogP contribution in [0, 0.1) is 5.92 Å². The first-order valence-corrected chi connectivity index (χ1v) is 7.06. The van der Waals surface area contributed by atoms with E-state index >= 15 is 0 Å². The van der Waals surface area contributed by atoms with Gasteiger partial charge in [-0.1, -0.05) is 24.3 Å². The Bertz CT molecular complexity index is 572. The van der Waals surface area contributed by atoms with E-state index in [0.717, 1.165) is 24.3 Å². The molecule has 1 aliphatic rings. The lowest BCUT2D eigenvalue weighted by Gasteiger charge is -2.24. The van der Waals surface area contributed by atoms with Crippen LogP contribution in [0.25, 0.3) is 0 Å². The molecule has 0 spiro atoms. The molecule has 3 rings (SSSR count). The molecule has 20 heavy (non-hydrogen) atoms. The van der Waals surface area contributed by atoms with Crippen LogP contribution in [0.1, 0.15) is 22.9 Å². The lowest BCUT2D eigenvalue weighted by molar-refractivity contribution is 0.355. The van der Waals surface area contributed by atoms with E-state index in [0.29, 0.717) is 5.92 Å². The Balaban J connectivity index is 1.89. The molecule has 104 valence electrons. The van der Waals surface area contributed by atoms with Gasteiger partial charge in [-0.05, 0) is 49.1 Å². The zero-order valence-electron chi connectivity index (χ0n) is 12.0. The monoisotopic (exact) mass is 268 g/mol. The number of methoxy groups -OCH3 is 1. The maximum Gasteiger partial charge on any atom is 0.141 e. The van der Waals surface area contributed by atoms with Crippen molar-refractivity contribution in [2.45, 2.75) is 18.9 Å². The van der Waals surface area contributed by atoms with E-state index in [9.17, 15) is 0 Å². The van der Waals surface area contributed by atoms with Crippen molar-refractivity contribution in [3.8, 4) is 5.75 Å². The predicted octanol–water partition coefficient (Wildman–Crippen LogP) is 2.77. The van der Waals surface area contributed by atoms with Gasteiger partial charge in [0.05, 0.1) is 18.8 Å². The lowest BCUT2D eigenvalue weighted by atomic mass is 9.93. The Labute approximate surface area is 120 Å². The van der Waals surface area contributed by atoms with E-state index in [1.165, 1.54) is 11.1 Å². The van der Waals surface area contributed by atoms with E-state index in [1.54, 1.807) is 7.11 Å². The van der Waals surface area contributed by atoms with Gasteiger partial charge in [0.2, 0.25) is 0 Å². The molecule has 0 bridgehead atoms. The average molecular weight is 268 g/mol. The molecule has 0 aliphatic heterocycles. The second-order valence-electron chi connectivity index (χ2n) is 5.29. The average Bonchev–Trinajstić information content (AvgIpc) is 2.92. The van der Waals surface area contributed by atoms with Crippen molar-refractivity contribution in [3.05, 3.63) is 59.4 Å². The minimum atomic E-state index is 0.221. The summed E-state index contributed by atoms with van der Waals surface area (Å²) in [5.74, 6) is 1.39. The molecule has 1 N–H and O–H groups in total. The van der Waals surface area contributed by atoms with Gasteiger partial charge < -0.3 is 10.1 Å². The SMILES string of the molecule is CNC(c1ncccc1OC)C1Cc2ccccc2C1. The summed E-state index contributed by atoms with van der Waals surface area (Å²) in [6.07, 6.45) is 4.03. The van der Waals surface area contributed by atoms with E-state index in [-0.39, 0.29) is 6.04 Å².